The van der Waals surface area contributed by atoms with Gasteiger partial charge in [-0.05, 0) is 13.3 Å². The molecule has 0 saturated carbocycles. The van der Waals surface area contributed by atoms with Gasteiger partial charge >= 0.3 is 5.97 Å². The van der Waals surface area contributed by atoms with Gasteiger partial charge in [-0.3, -0.25) is 9.59 Å². The summed E-state index contributed by atoms with van der Waals surface area (Å²) in [5, 5.41) is 12.5. The fourth-order valence-corrected chi connectivity index (χ4v) is 1.56. The number of carboxylic acid groups (broad SMARTS) is 1. The van der Waals surface area contributed by atoms with Crippen molar-refractivity contribution in [2.45, 2.75) is 20.3 Å². The number of hydrogen-bond donors (Lipinski definition) is 1. The number of nitrogens with zero attached hydrogens (tertiary/aromatic N) is 2. The molecule has 0 bridgehead atoms. The average molecular weight is 250 g/mol. The molecule has 0 aliphatic rings. The minimum atomic E-state index is -1.12. The van der Waals surface area contributed by atoms with E-state index in [4.69, 9.17) is 16.1 Å². The molecule has 0 aromatic carbocycles. The summed E-state index contributed by atoms with van der Waals surface area (Å²) in [6.07, 6.45) is 5.65. The van der Waals surface area contributed by atoms with Crippen molar-refractivity contribution in [2.24, 2.45) is 0 Å². The van der Waals surface area contributed by atoms with E-state index in [1.165, 1.54) is 0 Å². The van der Waals surface area contributed by atoms with Crippen LogP contribution < -0.4 is 0 Å². The van der Waals surface area contributed by atoms with Gasteiger partial charge in [0.25, 0.3) is 5.91 Å². The molecule has 0 saturated heterocycles. The summed E-state index contributed by atoms with van der Waals surface area (Å²) in [5.74, 6) is 1.04. The lowest BCUT2D eigenvalue weighted by atomic mass is 10.1. The van der Waals surface area contributed by atoms with Crippen molar-refractivity contribution in [2.75, 3.05) is 13.1 Å². The summed E-state index contributed by atoms with van der Waals surface area (Å²) in [5.41, 5.74) is 0.805. The normalized spacial score (nSPS) is 9.83. The quantitative estimate of drug-likeness (QED) is 0.778. The zero-order chi connectivity index (χ0) is 13.7. The van der Waals surface area contributed by atoms with Crippen LogP contribution >= 0.6 is 0 Å². The maximum atomic E-state index is 12.2. The van der Waals surface area contributed by atoms with Crippen LogP contribution in [0.4, 0.5) is 0 Å². The standard InChI is InChI=1S/C12H14N2O4/c1-4-6-14(7-10(15)16)12(17)11-8(3)18-13-9(11)5-2/h1H,5-7H2,2-3H3,(H,15,16). The molecule has 18 heavy (non-hydrogen) atoms. The van der Waals surface area contributed by atoms with Crippen LogP contribution in [0.15, 0.2) is 4.52 Å². The third-order valence-corrected chi connectivity index (χ3v) is 2.38. The van der Waals surface area contributed by atoms with Crippen molar-refractivity contribution in [1.29, 1.82) is 0 Å². The first kappa shape index (κ1) is 13.8. The third-order valence-electron chi connectivity index (χ3n) is 2.38. The van der Waals surface area contributed by atoms with E-state index in [2.05, 4.69) is 11.1 Å². The number of aliphatic carboxylic acids is 1. The molecule has 1 heterocycles. The van der Waals surface area contributed by atoms with E-state index in [0.29, 0.717) is 23.4 Å². The van der Waals surface area contributed by atoms with E-state index in [0.717, 1.165) is 4.90 Å². The molecular weight excluding hydrogens is 236 g/mol. The first-order valence-corrected chi connectivity index (χ1v) is 5.40. The number of aryl methyl sites for hydroxylation is 2. The van der Waals surface area contributed by atoms with Crippen LogP contribution in [0.3, 0.4) is 0 Å². The Bertz CT molecular complexity index is 499. The van der Waals surface area contributed by atoms with Gasteiger partial charge in [0.2, 0.25) is 0 Å². The smallest absolute Gasteiger partial charge is 0.323 e. The molecule has 96 valence electrons. The van der Waals surface area contributed by atoms with E-state index in [-0.39, 0.29) is 6.54 Å². The molecule has 6 heteroatoms. The second-order valence-electron chi connectivity index (χ2n) is 3.67. The van der Waals surface area contributed by atoms with Gasteiger partial charge in [-0.1, -0.05) is 18.0 Å². The molecule has 0 fully saturated rings. The minimum absolute atomic E-state index is 0.0705. The monoisotopic (exact) mass is 250 g/mol. The number of hydrogen-bond acceptors (Lipinski definition) is 4. The van der Waals surface area contributed by atoms with E-state index in [1.807, 2.05) is 6.92 Å². The fraction of sp³-hybridized carbons (Fsp3) is 0.417. The minimum Gasteiger partial charge on any atom is -0.480 e. The number of aromatic nitrogens is 1. The van der Waals surface area contributed by atoms with Crippen molar-refractivity contribution >= 4 is 11.9 Å². The molecule has 1 aromatic heterocycles. The summed E-state index contributed by atoms with van der Waals surface area (Å²) in [6.45, 7) is 2.92. The Balaban J connectivity index is 3.05. The Morgan fingerprint density at radius 2 is 2.22 bits per heavy atom. The molecule has 0 atom stereocenters. The maximum Gasteiger partial charge on any atom is 0.323 e. The van der Waals surface area contributed by atoms with Crippen LogP contribution in [0.1, 0.15) is 28.7 Å². The van der Waals surface area contributed by atoms with Crippen LogP contribution in [0, 0.1) is 19.3 Å². The Morgan fingerprint density at radius 3 is 2.72 bits per heavy atom. The second kappa shape index (κ2) is 5.87. The summed E-state index contributed by atoms with van der Waals surface area (Å²) < 4.78 is 4.94. The predicted octanol–water partition coefficient (Wildman–Crippen LogP) is 0.705. The van der Waals surface area contributed by atoms with Crippen molar-refractivity contribution in [1.82, 2.24) is 10.1 Å². The first-order chi connectivity index (χ1) is 8.51. The van der Waals surface area contributed by atoms with Gasteiger partial charge in [0.1, 0.15) is 17.9 Å². The second-order valence-corrected chi connectivity index (χ2v) is 3.67. The van der Waals surface area contributed by atoms with Crippen molar-refractivity contribution in [3.05, 3.63) is 17.0 Å². The molecule has 0 spiro atoms. The van der Waals surface area contributed by atoms with Crippen molar-refractivity contribution < 1.29 is 19.2 Å². The SMILES string of the molecule is C#CCN(CC(=O)O)C(=O)c1c(CC)noc1C. The Morgan fingerprint density at radius 1 is 1.56 bits per heavy atom. The molecule has 0 aliphatic carbocycles. The van der Waals surface area contributed by atoms with E-state index >= 15 is 0 Å². The average Bonchev–Trinajstić information content (AvgIpc) is 2.68. The number of terminal acetylenes is 1. The van der Waals surface area contributed by atoms with Crippen LogP contribution in [0.2, 0.25) is 0 Å². The lowest BCUT2D eigenvalue weighted by Gasteiger charge is -2.17. The largest absolute Gasteiger partial charge is 0.480 e. The highest BCUT2D eigenvalue weighted by molar-refractivity contribution is 5.97. The molecule has 1 N–H and O–H groups in total. The lowest BCUT2D eigenvalue weighted by molar-refractivity contribution is -0.137. The van der Waals surface area contributed by atoms with Gasteiger partial charge in [-0.15, -0.1) is 6.42 Å². The Hall–Kier alpha value is -2.29. The van der Waals surface area contributed by atoms with Crippen LogP contribution in [0.5, 0.6) is 0 Å². The molecular formula is C12H14N2O4. The highest BCUT2D eigenvalue weighted by atomic mass is 16.5. The molecule has 1 rings (SSSR count). The molecule has 0 aliphatic heterocycles. The number of carbonyl (C=O) groups is 2. The van der Waals surface area contributed by atoms with Gasteiger partial charge in [0.05, 0.1) is 12.2 Å². The summed E-state index contributed by atoms with van der Waals surface area (Å²) in [7, 11) is 0. The first-order valence-electron chi connectivity index (χ1n) is 5.40. The van der Waals surface area contributed by atoms with E-state index < -0.39 is 18.4 Å². The number of carboxylic acids is 1. The van der Waals surface area contributed by atoms with Gasteiger partial charge in [0, 0.05) is 0 Å². The number of rotatable bonds is 5. The third kappa shape index (κ3) is 2.88. The lowest BCUT2D eigenvalue weighted by Crippen LogP contribution is -2.36. The van der Waals surface area contributed by atoms with E-state index in [1.54, 1.807) is 6.92 Å². The highest BCUT2D eigenvalue weighted by Crippen LogP contribution is 2.16. The molecule has 0 unspecified atom stereocenters. The zero-order valence-electron chi connectivity index (χ0n) is 10.3. The summed E-state index contributed by atoms with van der Waals surface area (Å²) in [6, 6.07) is 0. The fourth-order valence-electron chi connectivity index (χ4n) is 1.56. The highest BCUT2D eigenvalue weighted by Gasteiger charge is 2.25. The number of carbonyl (C=O) groups excluding carboxylic acids is 1. The maximum absolute atomic E-state index is 12.2. The molecule has 6 nitrogen and oxygen atoms in total. The Labute approximate surface area is 105 Å². The summed E-state index contributed by atoms with van der Waals surface area (Å²) in [4.78, 5) is 24.0. The predicted molar refractivity (Wildman–Crippen MR) is 63.0 cm³/mol. The van der Waals surface area contributed by atoms with Crippen molar-refractivity contribution in [3.8, 4) is 12.3 Å². The van der Waals surface area contributed by atoms with Gasteiger partial charge in [0.15, 0.2) is 0 Å². The van der Waals surface area contributed by atoms with Gasteiger partial charge in [-0.2, -0.15) is 0 Å². The molecule has 1 amide bonds. The number of amides is 1. The molecule has 1 aromatic rings. The van der Waals surface area contributed by atoms with Gasteiger partial charge in [-0.25, -0.2) is 0 Å². The molecule has 0 radical (unpaired) electrons. The van der Waals surface area contributed by atoms with Gasteiger partial charge < -0.3 is 14.5 Å². The summed E-state index contributed by atoms with van der Waals surface area (Å²) >= 11 is 0. The topological polar surface area (TPSA) is 83.6 Å². The van der Waals surface area contributed by atoms with Crippen LogP contribution in [-0.4, -0.2) is 40.1 Å². The van der Waals surface area contributed by atoms with E-state index in [9.17, 15) is 9.59 Å². The van der Waals surface area contributed by atoms with Crippen molar-refractivity contribution in [3.63, 3.8) is 0 Å². The van der Waals surface area contributed by atoms with Crippen LogP contribution in [-0.2, 0) is 11.2 Å². The zero-order valence-corrected chi connectivity index (χ0v) is 10.3. The van der Waals surface area contributed by atoms with Crippen LogP contribution in [0.25, 0.3) is 0 Å². The Kier molecular flexibility index (Phi) is 4.49.